The Hall–Kier alpha value is -1.29. The molecule has 0 radical (unpaired) electrons. The standard InChI is InChI=1S/C13H21NO3/c1-9-5-6-16-11(9)7-10(8-14)12(15)17-13(2,3)4/h5-6,10H,7-8,14H2,1-4H3. The van der Waals surface area contributed by atoms with E-state index in [4.69, 9.17) is 14.9 Å². The van der Waals surface area contributed by atoms with Crippen LogP contribution in [-0.2, 0) is 16.0 Å². The Labute approximate surface area is 102 Å². The molecule has 0 bridgehead atoms. The predicted molar refractivity (Wildman–Crippen MR) is 65.5 cm³/mol. The molecular weight excluding hydrogens is 218 g/mol. The smallest absolute Gasteiger partial charge is 0.311 e. The average Bonchev–Trinajstić information content (AvgIpc) is 2.57. The van der Waals surface area contributed by atoms with Gasteiger partial charge in [-0.05, 0) is 39.3 Å². The molecule has 0 aromatic carbocycles. The highest BCUT2D eigenvalue weighted by atomic mass is 16.6. The van der Waals surface area contributed by atoms with Gasteiger partial charge < -0.3 is 14.9 Å². The highest BCUT2D eigenvalue weighted by Crippen LogP contribution is 2.17. The molecule has 0 saturated heterocycles. The first-order valence-corrected chi connectivity index (χ1v) is 5.79. The molecule has 4 heteroatoms. The van der Waals surface area contributed by atoms with Crippen LogP contribution in [0.5, 0.6) is 0 Å². The van der Waals surface area contributed by atoms with Gasteiger partial charge in [-0.3, -0.25) is 4.79 Å². The first-order valence-electron chi connectivity index (χ1n) is 5.79. The van der Waals surface area contributed by atoms with Crippen molar-refractivity contribution in [2.45, 2.75) is 39.7 Å². The summed E-state index contributed by atoms with van der Waals surface area (Å²) in [4.78, 5) is 11.9. The number of hydrogen-bond donors (Lipinski definition) is 1. The summed E-state index contributed by atoms with van der Waals surface area (Å²) in [6.45, 7) is 7.74. The third-order valence-corrected chi connectivity index (χ3v) is 2.42. The van der Waals surface area contributed by atoms with E-state index in [2.05, 4.69) is 0 Å². The Bertz CT molecular complexity index is 376. The zero-order chi connectivity index (χ0) is 13.1. The van der Waals surface area contributed by atoms with Crippen molar-refractivity contribution in [1.29, 1.82) is 0 Å². The first-order chi connectivity index (χ1) is 7.83. The van der Waals surface area contributed by atoms with Crippen molar-refractivity contribution in [3.05, 3.63) is 23.7 Å². The fraction of sp³-hybridized carbons (Fsp3) is 0.615. The van der Waals surface area contributed by atoms with Gasteiger partial charge in [0.2, 0.25) is 0 Å². The number of carbonyl (C=O) groups excluding carboxylic acids is 1. The SMILES string of the molecule is Cc1ccoc1CC(CN)C(=O)OC(C)(C)C. The Morgan fingerprint density at radius 2 is 2.18 bits per heavy atom. The highest BCUT2D eigenvalue weighted by Gasteiger charge is 2.25. The molecule has 96 valence electrons. The second kappa shape index (κ2) is 5.36. The minimum absolute atomic E-state index is 0.259. The number of hydrogen-bond acceptors (Lipinski definition) is 4. The molecule has 0 spiro atoms. The molecule has 0 amide bonds. The van der Waals surface area contributed by atoms with Crippen LogP contribution in [0.1, 0.15) is 32.1 Å². The molecule has 2 N–H and O–H groups in total. The van der Waals surface area contributed by atoms with Gasteiger partial charge in [0.15, 0.2) is 0 Å². The zero-order valence-corrected chi connectivity index (χ0v) is 10.9. The molecular formula is C13H21NO3. The van der Waals surface area contributed by atoms with Crippen LogP contribution in [0, 0.1) is 12.8 Å². The van der Waals surface area contributed by atoms with Crippen LogP contribution in [-0.4, -0.2) is 18.1 Å². The molecule has 0 aliphatic heterocycles. The second-order valence-corrected chi connectivity index (χ2v) is 5.20. The lowest BCUT2D eigenvalue weighted by Crippen LogP contribution is -2.33. The van der Waals surface area contributed by atoms with Gasteiger partial charge in [0.25, 0.3) is 0 Å². The molecule has 0 aliphatic carbocycles. The fourth-order valence-electron chi connectivity index (χ4n) is 1.49. The summed E-state index contributed by atoms with van der Waals surface area (Å²) in [6, 6.07) is 1.87. The van der Waals surface area contributed by atoms with Crippen molar-refractivity contribution in [2.24, 2.45) is 11.7 Å². The first kappa shape index (κ1) is 13.8. The third kappa shape index (κ3) is 4.23. The van der Waals surface area contributed by atoms with Gasteiger partial charge >= 0.3 is 5.97 Å². The van der Waals surface area contributed by atoms with E-state index in [1.807, 2.05) is 33.8 Å². The van der Waals surface area contributed by atoms with Crippen molar-refractivity contribution < 1.29 is 13.9 Å². The van der Waals surface area contributed by atoms with E-state index >= 15 is 0 Å². The minimum atomic E-state index is -0.483. The van der Waals surface area contributed by atoms with Crippen molar-refractivity contribution in [2.75, 3.05) is 6.54 Å². The molecule has 0 fully saturated rings. The minimum Gasteiger partial charge on any atom is -0.469 e. The van der Waals surface area contributed by atoms with Crippen LogP contribution in [0.4, 0.5) is 0 Å². The van der Waals surface area contributed by atoms with Gasteiger partial charge in [-0.15, -0.1) is 0 Å². The predicted octanol–water partition coefficient (Wildman–Crippen LogP) is 2.05. The maximum absolute atomic E-state index is 11.9. The van der Waals surface area contributed by atoms with Crippen LogP contribution in [0.15, 0.2) is 16.7 Å². The van der Waals surface area contributed by atoms with E-state index in [1.54, 1.807) is 6.26 Å². The molecule has 1 rings (SSSR count). The number of esters is 1. The summed E-state index contributed by atoms with van der Waals surface area (Å²) >= 11 is 0. The van der Waals surface area contributed by atoms with Crippen LogP contribution >= 0.6 is 0 Å². The summed E-state index contributed by atoms with van der Waals surface area (Å²) < 4.78 is 10.6. The van der Waals surface area contributed by atoms with Crippen LogP contribution in [0.3, 0.4) is 0 Å². The van der Waals surface area contributed by atoms with Crippen molar-refractivity contribution >= 4 is 5.97 Å². The number of ether oxygens (including phenoxy) is 1. The lowest BCUT2D eigenvalue weighted by atomic mass is 10.0. The van der Waals surface area contributed by atoms with E-state index in [0.717, 1.165) is 11.3 Å². The Balaban J connectivity index is 2.66. The molecule has 1 heterocycles. The average molecular weight is 239 g/mol. The van der Waals surface area contributed by atoms with Gasteiger partial charge in [0.1, 0.15) is 11.4 Å². The molecule has 17 heavy (non-hydrogen) atoms. The van der Waals surface area contributed by atoms with Gasteiger partial charge in [-0.2, -0.15) is 0 Å². The van der Waals surface area contributed by atoms with E-state index < -0.39 is 5.60 Å². The number of carbonyl (C=O) groups is 1. The quantitative estimate of drug-likeness (QED) is 0.817. The lowest BCUT2D eigenvalue weighted by Gasteiger charge is -2.23. The number of furan rings is 1. The Kier molecular flexibility index (Phi) is 4.34. The molecule has 1 atom stereocenters. The number of aryl methyl sites for hydroxylation is 1. The fourth-order valence-corrected chi connectivity index (χ4v) is 1.49. The second-order valence-electron chi connectivity index (χ2n) is 5.20. The van der Waals surface area contributed by atoms with Crippen LogP contribution in [0.25, 0.3) is 0 Å². The van der Waals surface area contributed by atoms with E-state index in [0.29, 0.717) is 6.42 Å². The van der Waals surface area contributed by atoms with Crippen LogP contribution < -0.4 is 5.73 Å². The largest absolute Gasteiger partial charge is 0.469 e. The third-order valence-electron chi connectivity index (χ3n) is 2.42. The summed E-state index contributed by atoms with van der Waals surface area (Å²) in [6.07, 6.45) is 2.11. The van der Waals surface area contributed by atoms with E-state index in [9.17, 15) is 4.79 Å². The highest BCUT2D eigenvalue weighted by molar-refractivity contribution is 5.73. The molecule has 1 aromatic rings. The monoisotopic (exact) mass is 239 g/mol. The molecule has 0 aliphatic rings. The lowest BCUT2D eigenvalue weighted by molar-refractivity contribution is -0.159. The van der Waals surface area contributed by atoms with Crippen molar-refractivity contribution in [3.8, 4) is 0 Å². The maximum Gasteiger partial charge on any atom is 0.311 e. The molecule has 1 aromatic heterocycles. The number of nitrogens with two attached hydrogens (primary N) is 1. The normalized spacial score (nSPS) is 13.5. The Morgan fingerprint density at radius 3 is 2.59 bits per heavy atom. The molecule has 1 unspecified atom stereocenters. The van der Waals surface area contributed by atoms with Gasteiger partial charge in [0.05, 0.1) is 12.2 Å². The Morgan fingerprint density at radius 1 is 1.53 bits per heavy atom. The summed E-state index contributed by atoms with van der Waals surface area (Å²) in [5.74, 6) is 0.182. The van der Waals surface area contributed by atoms with Crippen molar-refractivity contribution in [1.82, 2.24) is 0 Å². The number of rotatable bonds is 4. The summed E-state index contributed by atoms with van der Waals surface area (Å²) in [5.41, 5.74) is 6.17. The zero-order valence-electron chi connectivity index (χ0n) is 10.9. The molecule has 0 saturated carbocycles. The van der Waals surface area contributed by atoms with Gasteiger partial charge in [-0.25, -0.2) is 0 Å². The summed E-state index contributed by atoms with van der Waals surface area (Å²) in [7, 11) is 0. The maximum atomic E-state index is 11.9. The van der Waals surface area contributed by atoms with Gasteiger partial charge in [0, 0.05) is 13.0 Å². The van der Waals surface area contributed by atoms with E-state index in [1.165, 1.54) is 0 Å². The van der Waals surface area contributed by atoms with Gasteiger partial charge in [-0.1, -0.05) is 0 Å². The topological polar surface area (TPSA) is 65.5 Å². The molecule has 4 nitrogen and oxygen atoms in total. The van der Waals surface area contributed by atoms with Crippen molar-refractivity contribution in [3.63, 3.8) is 0 Å². The van der Waals surface area contributed by atoms with E-state index in [-0.39, 0.29) is 18.4 Å². The summed E-state index contributed by atoms with van der Waals surface area (Å²) in [5, 5.41) is 0. The van der Waals surface area contributed by atoms with Crippen LogP contribution in [0.2, 0.25) is 0 Å².